The number of benzene rings is 1. The molecule has 0 bridgehead atoms. The van der Waals surface area contributed by atoms with Crippen LogP contribution in [0, 0.1) is 6.92 Å². The second kappa shape index (κ2) is 6.48. The minimum atomic E-state index is -3.65. The normalized spacial score (nSPS) is 12.0. The van der Waals surface area contributed by atoms with Crippen molar-refractivity contribution in [2.75, 3.05) is 7.05 Å². The molecule has 114 valence electrons. The van der Waals surface area contributed by atoms with Crippen molar-refractivity contribution >= 4 is 37.6 Å². The van der Waals surface area contributed by atoms with Gasteiger partial charge in [0.2, 0.25) is 10.0 Å². The summed E-state index contributed by atoms with van der Waals surface area (Å²) in [6, 6.07) is 7.51. The van der Waals surface area contributed by atoms with E-state index in [0.717, 1.165) is 10.0 Å². The van der Waals surface area contributed by atoms with Crippen LogP contribution < -0.4 is 0 Å². The maximum absolute atomic E-state index is 12.7. The van der Waals surface area contributed by atoms with E-state index >= 15 is 0 Å². The first-order valence-electron chi connectivity index (χ1n) is 6.17. The maximum Gasteiger partial charge on any atom is 0.246 e. The Balaban J connectivity index is 2.35. The van der Waals surface area contributed by atoms with Crippen molar-refractivity contribution < 1.29 is 8.42 Å². The quantitative estimate of drug-likeness (QED) is 0.795. The molecule has 0 unspecified atom stereocenters. The van der Waals surface area contributed by atoms with Crippen LogP contribution in [0.3, 0.4) is 0 Å². The molecule has 2 aromatic rings. The highest BCUT2D eigenvalue weighted by molar-refractivity contribution is 9.10. The third kappa shape index (κ3) is 3.31. The van der Waals surface area contributed by atoms with Crippen LogP contribution in [0.25, 0.3) is 0 Å². The molecule has 0 fully saturated rings. The second-order valence-corrected chi connectivity index (χ2v) is 7.71. The molecular formula is C13H15BrClN3O2S. The Labute approximate surface area is 137 Å². The lowest BCUT2D eigenvalue weighted by atomic mass is 10.2. The van der Waals surface area contributed by atoms with E-state index in [-0.39, 0.29) is 17.3 Å². The first-order valence-corrected chi connectivity index (χ1v) is 8.94. The number of sulfonamides is 1. The number of H-pyrrole nitrogens is 1. The summed E-state index contributed by atoms with van der Waals surface area (Å²) in [6.45, 7) is 1.93. The minimum absolute atomic E-state index is 0.0434. The number of hydrogen-bond acceptors (Lipinski definition) is 3. The third-order valence-corrected chi connectivity index (χ3v) is 6.14. The van der Waals surface area contributed by atoms with Gasteiger partial charge in [-0.05, 0) is 18.6 Å². The SMILES string of the molecule is Cc1[nH]nc(CCl)c1S(=O)(=O)N(C)Cc1ccccc1Br. The van der Waals surface area contributed by atoms with E-state index < -0.39 is 10.0 Å². The molecule has 0 aliphatic carbocycles. The molecule has 0 saturated carbocycles. The fraction of sp³-hybridized carbons (Fsp3) is 0.308. The van der Waals surface area contributed by atoms with Gasteiger partial charge in [-0.25, -0.2) is 8.42 Å². The molecule has 0 atom stereocenters. The van der Waals surface area contributed by atoms with E-state index in [0.29, 0.717) is 11.4 Å². The summed E-state index contributed by atoms with van der Waals surface area (Å²) in [6.07, 6.45) is 0. The van der Waals surface area contributed by atoms with Gasteiger partial charge >= 0.3 is 0 Å². The van der Waals surface area contributed by atoms with Gasteiger partial charge in [-0.1, -0.05) is 34.1 Å². The topological polar surface area (TPSA) is 66.1 Å². The summed E-state index contributed by atoms with van der Waals surface area (Å²) in [7, 11) is -2.11. The molecule has 1 aromatic carbocycles. The van der Waals surface area contributed by atoms with Crippen molar-refractivity contribution in [2.24, 2.45) is 0 Å². The van der Waals surface area contributed by atoms with E-state index in [1.807, 2.05) is 24.3 Å². The molecule has 0 aliphatic rings. The van der Waals surface area contributed by atoms with Crippen molar-refractivity contribution in [2.45, 2.75) is 24.2 Å². The Morgan fingerprint density at radius 2 is 2.05 bits per heavy atom. The van der Waals surface area contributed by atoms with Crippen LogP contribution in [-0.2, 0) is 22.4 Å². The zero-order valence-corrected chi connectivity index (χ0v) is 14.8. The number of aromatic amines is 1. The van der Waals surface area contributed by atoms with Crippen LogP contribution in [0.5, 0.6) is 0 Å². The van der Waals surface area contributed by atoms with Crippen LogP contribution in [-0.4, -0.2) is 30.0 Å². The number of nitrogens with zero attached hydrogens (tertiary/aromatic N) is 2. The first-order chi connectivity index (χ1) is 9.87. The van der Waals surface area contributed by atoms with Gasteiger partial charge in [0, 0.05) is 18.1 Å². The average Bonchev–Trinajstić information content (AvgIpc) is 2.83. The van der Waals surface area contributed by atoms with E-state index in [4.69, 9.17) is 11.6 Å². The zero-order valence-electron chi connectivity index (χ0n) is 11.6. The molecule has 1 aromatic heterocycles. The molecule has 1 N–H and O–H groups in total. The summed E-state index contributed by atoms with van der Waals surface area (Å²) >= 11 is 9.19. The summed E-state index contributed by atoms with van der Waals surface area (Å²) in [5.74, 6) is 0.0434. The molecule has 21 heavy (non-hydrogen) atoms. The summed E-state index contributed by atoms with van der Waals surface area (Å²) in [5.41, 5.74) is 1.72. The van der Waals surface area contributed by atoms with Crippen molar-refractivity contribution in [1.82, 2.24) is 14.5 Å². The van der Waals surface area contributed by atoms with Crippen LogP contribution in [0.15, 0.2) is 33.6 Å². The van der Waals surface area contributed by atoms with E-state index in [1.54, 1.807) is 14.0 Å². The van der Waals surface area contributed by atoms with Gasteiger partial charge in [0.1, 0.15) is 4.90 Å². The largest absolute Gasteiger partial charge is 0.281 e. The number of rotatable bonds is 5. The lowest BCUT2D eigenvalue weighted by molar-refractivity contribution is 0.465. The highest BCUT2D eigenvalue weighted by atomic mass is 79.9. The number of hydrogen-bond donors (Lipinski definition) is 1. The third-order valence-electron chi connectivity index (χ3n) is 3.11. The van der Waals surface area contributed by atoms with Crippen LogP contribution in [0.1, 0.15) is 17.0 Å². The van der Waals surface area contributed by atoms with Gasteiger partial charge in [-0.3, -0.25) is 5.10 Å². The van der Waals surface area contributed by atoms with Crippen molar-refractivity contribution in [3.05, 3.63) is 45.7 Å². The van der Waals surface area contributed by atoms with E-state index in [1.165, 1.54) is 4.31 Å². The van der Waals surface area contributed by atoms with Gasteiger partial charge in [0.25, 0.3) is 0 Å². The Hall–Kier alpha value is -0.890. The smallest absolute Gasteiger partial charge is 0.246 e. The Morgan fingerprint density at radius 1 is 1.38 bits per heavy atom. The average molecular weight is 393 g/mol. The minimum Gasteiger partial charge on any atom is -0.281 e. The molecule has 1 heterocycles. The van der Waals surface area contributed by atoms with Crippen LogP contribution in [0.2, 0.25) is 0 Å². The molecule has 2 rings (SSSR count). The maximum atomic E-state index is 12.7. The summed E-state index contributed by atoms with van der Waals surface area (Å²) in [5, 5.41) is 6.61. The Bertz CT molecular complexity index is 746. The van der Waals surface area contributed by atoms with Crippen molar-refractivity contribution in [3.63, 3.8) is 0 Å². The van der Waals surface area contributed by atoms with Crippen molar-refractivity contribution in [3.8, 4) is 0 Å². The number of halogens is 2. The van der Waals surface area contributed by atoms with Gasteiger partial charge in [-0.2, -0.15) is 9.40 Å². The Kier molecular flexibility index (Phi) is 5.08. The molecular weight excluding hydrogens is 378 g/mol. The number of alkyl halides is 1. The fourth-order valence-electron chi connectivity index (χ4n) is 2.01. The highest BCUT2D eigenvalue weighted by Crippen LogP contribution is 2.25. The van der Waals surface area contributed by atoms with Crippen LogP contribution >= 0.6 is 27.5 Å². The van der Waals surface area contributed by atoms with Crippen LogP contribution in [0.4, 0.5) is 0 Å². The lowest BCUT2D eigenvalue weighted by Crippen LogP contribution is -2.27. The predicted octanol–water partition coefficient (Wildman–Crippen LogP) is 3.04. The standard InChI is InChI=1S/C13H15BrClN3O2S/c1-9-13(12(7-15)17-16-9)21(19,20)18(2)8-10-5-3-4-6-11(10)14/h3-6H,7-8H2,1-2H3,(H,16,17). The van der Waals surface area contributed by atoms with Crippen molar-refractivity contribution in [1.29, 1.82) is 0 Å². The summed E-state index contributed by atoms with van der Waals surface area (Å²) in [4.78, 5) is 0.159. The molecule has 8 heteroatoms. The molecule has 0 radical (unpaired) electrons. The van der Waals surface area contributed by atoms with Gasteiger partial charge in [-0.15, -0.1) is 11.6 Å². The second-order valence-electron chi connectivity index (χ2n) is 4.61. The van der Waals surface area contributed by atoms with E-state index in [2.05, 4.69) is 26.1 Å². The number of aromatic nitrogens is 2. The zero-order chi connectivity index (χ0) is 15.6. The highest BCUT2D eigenvalue weighted by Gasteiger charge is 2.28. The fourth-order valence-corrected chi connectivity index (χ4v) is 4.16. The summed E-state index contributed by atoms with van der Waals surface area (Å²) < 4.78 is 27.6. The predicted molar refractivity (Wildman–Crippen MR) is 85.7 cm³/mol. The first kappa shape index (κ1) is 16.5. The molecule has 0 amide bonds. The van der Waals surface area contributed by atoms with E-state index in [9.17, 15) is 8.42 Å². The number of nitrogens with one attached hydrogen (secondary N) is 1. The number of aryl methyl sites for hydroxylation is 1. The van der Waals surface area contributed by atoms with Gasteiger partial charge in [0.05, 0.1) is 17.3 Å². The monoisotopic (exact) mass is 391 g/mol. The lowest BCUT2D eigenvalue weighted by Gasteiger charge is -2.18. The molecule has 0 aliphatic heterocycles. The van der Waals surface area contributed by atoms with Gasteiger partial charge in [0.15, 0.2) is 0 Å². The molecule has 5 nitrogen and oxygen atoms in total. The van der Waals surface area contributed by atoms with Gasteiger partial charge < -0.3 is 0 Å². The Morgan fingerprint density at radius 3 is 2.67 bits per heavy atom. The molecule has 0 saturated heterocycles. The molecule has 0 spiro atoms.